The molecule has 1 aromatic carbocycles. The van der Waals surface area contributed by atoms with Gasteiger partial charge in [-0.2, -0.15) is 0 Å². The standard InChI is InChI=1S/C15H23NO2/c1-3-10-17-14-6-4-5-7-15(14)18-13-8-9-16-11-12(13)2/h4-7,12-13,16H,3,8-11H2,1-2H3. The Morgan fingerprint density at radius 2 is 2.06 bits per heavy atom. The minimum Gasteiger partial charge on any atom is -0.490 e. The summed E-state index contributed by atoms with van der Waals surface area (Å²) in [5, 5.41) is 3.39. The van der Waals surface area contributed by atoms with Gasteiger partial charge in [-0.25, -0.2) is 0 Å². The van der Waals surface area contributed by atoms with Gasteiger partial charge in [-0.1, -0.05) is 26.0 Å². The Kier molecular flexibility index (Phi) is 4.88. The molecule has 1 fully saturated rings. The lowest BCUT2D eigenvalue weighted by Gasteiger charge is -2.30. The second-order valence-corrected chi connectivity index (χ2v) is 4.92. The van der Waals surface area contributed by atoms with Crippen molar-refractivity contribution in [3.05, 3.63) is 24.3 Å². The van der Waals surface area contributed by atoms with Crippen molar-refractivity contribution in [1.82, 2.24) is 5.32 Å². The summed E-state index contributed by atoms with van der Waals surface area (Å²) in [6, 6.07) is 7.97. The van der Waals surface area contributed by atoms with Crippen LogP contribution in [0.5, 0.6) is 11.5 Å². The zero-order chi connectivity index (χ0) is 12.8. The maximum atomic E-state index is 6.13. The Morgan fingerprint density at radius 1 is 1.28 bits per heavy atom. The summed E-state index contributed by atoms with van der Waals surface area (Å²) in [4.78, 5) is 0. The third-order valence-corrected chi connectivity index (χ3v) is 3.30. The lowest BCUT2D eigenvalue weighted by Crippen LogP contribution is -2.41. The van der Waals surface area contributed by atoms with Crippen LogP contribution < -0.4 is 14.8 Å². The molecule has 0 spiro atoms. The highest BCUT2D eigenvalue weighted by molar-refractivity contribution is 5.39. The van der Waals surface area contributed by atoms with Gasteiger partial charge in [-0.05, 0) is 31.5 Å². The van der Waals surface area contributed by atoms with Crippen molar-refractivity contribution in [3.8, 4) is 11.5 Å². The predicted molar refractivity (Wildman–Crippen MR) is 73.3 cm³/mol. The van der Waals surface area contributed by atoms with E-state index in [2.05, 4.69) is 19.2 Å². The monoisotopic (exact) mass is 249 g/mol. The fourth-order valence-corrected chi connectivity index (χ4v) is 2.21. The van der Waals surface area contributed by atoms with E-state index in [1.165, 1.54) is 0 Å². The topological polar surface area (TPSA) is 30.5 Å². The largest absolute Gasteiger partial charge is 0.490 e. The molecule has 0 aromatic heterocycles. The first-order chi connectivity index (χ1) is 8.81. The molecule has 1 heterocycles. The highest BCUT2D eigenvalue weighted by atomic mass is 16.5. The lowest BCUT2D eigenvalue weighted by atomic mass is 9.98. The van der Waals surface area contributed by atoms with E-state index in [9.17, 15) is 0 Å². The van der Waals surface area contributed by atoms with Gasteiger partial charge in [0.2, 0.25) is 0 Å². The quantitative estimate of drug-likeness (QED) is 0.870. The van der Waals surface area contributed by atoms with Crippen LogP contribution in [0.15, 0.2) is 24.3 Å². The first-order valence-corrected chi connectivity index (χ1v) is 6.90. The van der Waals surface area contributed by atoms with Crippen molar-refractivity contribution in [2.24, 2.45) is 5.92 Å². The van der Waals surface area contributed by atoms with Crippen LogP contribution in [0.1, 0.15) is 26.7 Å². The molecule has 0 saturated carbocycles. The first kappa shape index (κ1) is 13.2. The van der Waals surface area contributed by atoms with E-state index in [0.717, 1.165) is 44.0 Å². The summed E-state index contributed by atoms with van der Waals surface area (Å²) in [5.74, 6) is 2.28. The number of nitrogens with one attached hydrogen (secondary N) is 1. The van der Waals surface area contributed by atoms with Crippen LogP contribution >= 0.6 is 0 Å². The number of hydrogen-bond donors (Lipinski definition) is 1. The first-order valence-electron chi connectivity index (χ1n) is 6.90. The zero-order valence-corrected chi connectivity index (χ0v) is 11.3. The Balaban J connectivity index is 2.03. The number of rotatable bonds is 5. The molecule has 0 amide bonds. The lowest BCUT2D eigenvalue weighted by molar-refractivity contribution is 0.107. The van der Waals surface area contributed by atoms with Crippen LogP contribution in [0.25, 0.3) is 0 Å². The summed E-state index contributed by atoms with van der Waals surface area (Å²) in [6.45, 7) is 7.14. The smallest absolute Gasteiger partial charge is 0.161 e. The molecule has 3 nitrogen and oxygen atoms in total. The van der Waals surface area contributed by atoms with Crippen LogP contribution in [-0.2, 0) is 0 Å². The molecule has 1 aromatic rings. The van der Waals surface area contributed by atoms with E-state index in [-0.39, 0.29) is 6.10 Å². The number of hydrogen-bond acceptors (Lipinski definition) is 3. The third kappa shape index (κ3) is 3.39. The number of para-hydroxylation sites is 2. The van der Waals surface area contributed by atoms with E-state index in [4.69, 9.17) is 9.47 Å². The zero-order valence-electron chi connectivity index (χ0n) is 11.3. The summed E-state index contributed by atoms with van der Waals surface area (Å²) >= 11 is 0. The van der Waals surface area contributed by atoms with Crippen LogP contribution in [0.2, 0.25) is 0 Å². The van der Waals surface area contributed by atoms with Crippen LogP contribution in [0.4, 0.5) is 0 Å². The van der Waals surface area contributed by atoms with Crippen molar-refractivity contribution in [3.63, 3.8) is 0 Å². The predicted octanol–water partition coefficient (Wildman–Crippen LogP) is 2.85. The van der Waals surface area contributed by atoms with Gasteiger partial charge in [0.15, 0.2) is 11.5 Å². The molecule has 2 rings (SSSR count). The van der Waals surface area contributed by atoms with E-state index in [0.29, 0.717) is 5.92 Å². The maximum Gasteiger partial charge on any atom is 0.161 e. The molecule has 2 atom stereocenters. The van der Waals surface area contributed by atoms with E-state index >= 15 is 0 Å². The van der Waals surface area contributed by atoms with Crippen molar-refractivity contribution >= 4 is 0 Å². The van der Waals surface area contributed by atoms with E-state index < -0.39 is 0 Å². The van der Waals surface area contributed by atoms with Gasteiger partial charge in [0.05, 0.1) is 6.61 Å². The van der Waals surface area contributed by atoms with Gasteiger partial charge in [-0.15, -0.1) is 0 Å². The highest BCUT2D eigenvalue weighted by Gasteiger charge is 2.23. The summed E-state index contributed by atoms with van der Waals surface area (Å²) in [6.07, 6.45) is 2.36. The summed E-state index contributed by atoms with van der Waals surface area (Å²) < 4.78 is 11.9. The fraction of sp³-hybridized carbons (Fsp3) is 0.600. The Labute approximate surface area is 109 Å². The Morgan fingerprint density at radius 3 is 2.78 bits per heavy atom. The van der Waals surface area contributed by atoms with Crippen molar-refractivity contribution in [2.75, 3.05) is 19.7 Å². The fourth-order valence-electron chi connectivity index (χ4n) is 2.21. The second-order valence-electron chi connectivity index (χ2n) is 4.92. The third-order valence-electron chi connectivity index (χ3n) is 3.30. The van der Waals surface area contributed by atoms with Gasteiger partial charge in [-0.3, -0.25) is 0 Å². The van der Waals surface area contributed by atoms with Crippen molar-refractivity contribution < 1.29 is 9.47 Å². The summed E-state index contributed by atoms with van der Waals surface area (Å²) in [7, 11) is 0. The van der Waals surface area contributed by atoms with Gasteiger partial charge in [0.25, 0.3) is 0 Å². The molecule has 1 aliphatic heterocycles. The molecular formula is C15H23NO2. The molecule has 0 radical (unpaired) electrons. The average molecular weight is 249 g/mol. The molecule has 0 aliphatic carbocycles. The van der Waals surface area contributed by atoms with Gasteiger partial charge in [0.1, 0.15) is 6.10 Å². The number of ether oxygens (including phenoxy) is 2. The van der Waals surface area contributed by atoms with Crippen LogP contribution in [0.3, 0.4) is 0 Å². The number of piperidine rings is 1. The summed E-state index contributed by atoms with van der Waals surface area (Å²) in [5.41, 5.74) is 0. The second kappa shape index (κ2) is 6.64. The average Bonchev–Trinajstić information content (AvgIpc) is 2.40. The Hall–Kier alpha value is -1.22. The highest BCUT2D eigenvalue weighted by Crippen LogP contribution is 2.29. The molecule has 3 heteroatoms. The molecular weight excluding hydrogens is 226 g/mol. The maximum absolute atomic E-state index is 6.13. The van der Waals surface area contributed by atoms with Gasteiger partial charge in [0, 0.05) is 12.5 Å². The SMILES string of the molecule is CCCOc1ccccc1OC1CCNCC1C. The molecule has 100 valence electrons. The minimum atomic E-state index is 0.289. The normalized spacial score (nSPS) is 23.7. The molecule has 1 N–H and O–H groups in total. The Bertz CT molecular complexity index is 367. The van der Waals surface area contributed by atoms with Gasteiger partial charge < -0.3 is 14.8 Å². The molecule has 2 unspecified atom stereocenters. The van der Waals surface area contributed by atoms with Crippen LogP contribution in [0, 0.1) is 5.92 Å². The van der Waals surface area contributed by atoms with Crippen molar-refractivity contribution in [2.45, 2.75) is 32.8 Å². The molecule has 0 bridgehead atoms. The molecule has 1 saturated heterocycles. The minimum absolute atomic E-state index is 0.289. The van der Waals surface area contributed by atoms with Crippen molar-refractivity contribution in [1.29, 1.82) is 0 Å². The van der Waals surface area contributed by atoms with Crippen LogP contribution in [-0.4, -0.2) is 25.8 Å². The van der Waals surface area contributed by atoms with E-state index in [1.54, 1.807) is 0 Å². The number of benzene rings is 1. The molecule has 1 aliphatic rings. The van der Waals surface area contributed by atoms with Gasteiger partial charge >= 0.3 is 0 Å². The van der Waals surface area contributed by atoms with E-state index in [1.807, 2.05) is 24.3 Å². The molecule has 18 heavy (non-hydrogen) atoms.